The Kier molecular flexibility index (Phi) is 4.85. The van der Waals surface area contributed by atoms with Gasteiger partial charge in [0.1, 0.15) is 12.6 Å². The number of carbonyl (C=O) groups excluding carboxylic acids is 4. The van der Waals surface area contributed by atoms with Crippen molar-refractivity contribution >= 4 is 23.8 Å². The second kappa shape index (κ2) is 6.17. The molecule has 0 bridgehead atoms. The molecule has 1 heterocycles. The molecule has 8 heteroatoms. The first-order valence-corrected chi connectivity index (χ1v) is 5.59. The minimum Gasteiger partial charge on any atom is -0.464 e. The van der Waals surface area contributed by atoms with E-state index in [0.717, 1.165) is 13.8 Å². The van der Waals surface area contributed by atoms with Crippen molar-refractivity contribution in [1.29, 1.82) is 0 Å². The van der Waals surface area contributed by atoms with Crippen molar-refractivity contribution in [2.75, 3.05) is 6.61 Å². The molecule has 0 aromatic heterocycles. The lowest BCUT2D eigenvalue weighted by Crippen LogP contribution is -2.41. The number of amides is 1. The molecular formula is C11H15NO7. The molecule has 0 aliphatic carbocycles. The van der Waals surface area contributed by atoms with Gasteiger partial charge in [-0.1, -0.05) is 0 Å². The van der Waals surface area contributed by atoms with Crippen LogP contribution in [0.4, 0.5) is 0 Å². The summed E-state index contributed by atoms with van der Waals surface area (Å²) in [7, 11) is 0. The Bertz CT molecular complexity index is 406. The Labute approximate surface area is 109 Å². The van der Waals surface area contributed by atoms with Crippen LogP contribution in [0, 0.1) is 0 Å². The first-order valence-electron chi connectivity index (χ1n) is 5.59. The van der Waals surface area contributed by atoms with Crippen LogP contribution in [0.15, 0.2) is 0 Å². The van der Waals surface area contributed by atoms with Gasteiger partial charge in [-0.25, -0.2) is 0 Å². The molecule has 3 atom stereocenters. The summed E-state index contributed by atoms with van der Waals surface area (Å²) < 4.78 is 14.5. The lowest BCUT2D eigenvalue weighted by Gasteiger charge is -2.21. The van der Waals surface area contributed by atoms with Gasteiger partial charge in [-0.2, -0.15) is 0 Å². The Morgan fingerprint density at radius 1 is 1.05 bits per heavy atom. The summed E-state index contributed by atoms with van der Waals surface area (Å²) in [6.45, 7) is 3.34. The van der Waals surface area contributed by atoms with Gasteiger partial charge in [0.15, 0.2) is 6.10 Å². The van der Waals surface area contributed by atoms with E-state index in [4.69, 9.17) is 14.2 Å². The van der Waals surface area contributed by atoms with Crippen LogP contribution in [0.25, 0.3) is 0 Å². The third-order valence-corrected chi connectivity index (χ3v) is 2.34. The van der Waals surface area contributed by atoms with Crippen molar-refractivity contribution in [3.8, 4) is 0 Å². The molecule has 0 aromatic rings. The minimum atomic E-state index is -1.23. The predicted molar refractivity (Wildman–Crippen MR) is 59.7 cm³/mol. The zero-order chi connectivity index (χ0) is 14.6. The summed E-state index contributed by atoms with van der Waals surface area (Å²) in [6.07, 6.45) is -2.25. The highest BCUT2D eigenvalue weighted by atomic mass is 16.6. The maximum absolute atomic E-state index is 11.6. The lowest BCUT2D eigenvalue weighted by atomic mass is 10.1. The molecule has 1 amide bonds. The van der Waals surface area contributed by atoms with E-state index in [-0.39, 0.29) is 6.61 Å². The summed E-state index contributed by atoms with van der Waals surface area (Å²) in [5.74, 6) is -2.44. The highest BCUT2D eigenvalue weighted by Gasteiger charge is 2.47. The Morgan fingerprint density at radius 2 is 1.63 bits per heavy atom. The van der Waals surface area contributed by atoms with Gasteiger partial charge in [-0.15, -0.1) is 0 Å². The average molecular weight is 273 g/mol. The van der Waals surface area contributed by atoms with E-state index in [1.165, 1.54) is 6.92 Å². The second-order valence-electron chi connectivity index (χ2n) is 4.02. The summed E-state index contributed by atoms with van der Waals surface area (Å²) in [5, 5.41) is 2.45. The van der Waals surface area contributed by atoms with Crippen molar-refractivity contribution in [3.05, 3.63) is 0 Å². The van der Waals surface area contributed by atoms with E-state index in [2.05, 4.69) is 5.32 Å². The van der Waals surface area contributed by atoms with Gasteiger partial charge < -0.3 is 19.5 Å². The molecule has 1 aliphatic rings. The molecule has 0 radical (unpaired) electrons. The maximum Gasteiger partial charge on any atom is 0.303 e. The van der Waals surface area contributed by atoms with Gasteiger partial charge in [0.05, 0.1) is 0 Å². The molecule has 1 fully saturated rings. The fourth-order valence-corrected chi connectivity index (χ4v) is 1.69. The normalized spacial score (nSPS) is 25.4. The molecule has 8 nitrogen and oxygen atoms in total. The summed E-state index contributed by atoms with van der Waals surface area (Å²) in [4.78, 5) is 44.3. The first kappa shape index (κ1) is 14.9. The summed E-state index contributed by atoms with van der Waals surface area (Å²) in [5.41, 5.74) is 0. The van der Waals surface area contributed by atoms with E-state index in [1.54, 1.807) is 0 Å². The Morgan fingerprint density at radius 3 is 2.11 bits per heavy atom. The molecule has 0 unspecified atom stereocenters. The number of carbonyl (C=O) groups is 4. The standard InChI is InChI=1S/C11H15NO7/c1-5(13)17-4-8-9(18-6(2)14)10(11(16)12-8)19-7(3)15/h8-10H,4H2,1-3H3,(H,12,16)/t8-,9+,10-/m1/s1. The van der Waals surface area contributed by atoms with E-state index in [9.17, 15) is 19.2 Å². The summed E-state index contributed by atoms with van der Waals surface area (Å²) >= 11 is 0. The molecule has 0 aromatic carbocycles. The number of ether oxygens (including phenoxy) is 3. The van der Waals surface area contributed by atoms with Crippen LogP contribution in [-0.2, 0) is 33.4 Å². The highest BCUT2D eigenvalue weighted by Crippen LogP contribution is 2.18. The van der Waals surface area contributed by atoms with Crippen LogP contribution in [-0.4, -0.2) is 48.7 Å². The molecule has 1 rings (SSSR count). The number of nitrogens with one attached hydrogen (secondary N) is 1. The molecular weight excluding hydrogens is 258 g/mol. The van der Waals surface area contributed by atoms with Gasteiger partial charge in [0.2, 0.25) is 6.10 Å². The number of hydrogen-bond donors (Lipinski definition) is 1. The Hall–Kier alpha value is -2.12. The van der Waals surface area contributed by atoms with Crippen molar-refractivity contribution in [2.24, 2.45) is 0 Å². The monoisotopic (exact) mass is 273 g/mol. The van der Waals surface area contributed by atoms with Gasteiger partial charge in [-0.3, -0.25) is 19.2 Å². The fourth-order valence-electron chi connectivity index (χ4n) is 1.69. The Balaban J connectivity index is 2.79. The molecule has 1 N–H and O–H groups in total. The smallest absolute Gasteiger partial charge is 0.303 e. The zero-order valence-corrected chi connectivity index (χ0v) is 10.8. The molecule has 106 valence electrons. The molecule has 19 heavy (non-hydrogen) atoms. The van der Waals surface area contributed by atoms with Crippen LogP contribution in [0.5, 0.6) is 0 Å². The highest BCUT2D eigenvalue weighted by molar-refractivity contribution is 5.87. The van der Waals surface area contributed by atoms with Crippen LogP contribution < -0.4 is 5.32 Å². The maximum atomic E-state index is 11.6. The van der Waals surface area contributed by atoms with Crippen LogP contribution in [0.3, 0.4) is 0 Å². The van der Waals surface area contributed by atoms with Crippen molar-refractivity contribution in [2.45, 2.75) is 39.0 Å². The first-order chi connectivity index (χ1) is 8.81. The average Bonchev–Trinajstić information content (AvgIpc) is 2.53. The molecule has 1 aliphatic heterocycles. The molecule has 1 saturated heterocycles. The topological polar surface area (TPSA) is 108 Å². The van der Waals surface area contributed by atoms with Crippen molar-refractivity contribution in [3.63, 3.8) is 0 Å². The molecule has 0 spiro atoms. The SMILES string of the molecule is CC(=O)OC[C@H]1NC(=O)[C@H](OC(C)=O)[C@H]1OC(C)=O. The zero-order valence-electron chi connectivity index (χ0n) is 10.8. The summed E-state index contributed by atoms with van der Waals surface area (Å²) in [6, 6.07) is -0.746. The largest absolute Gasteiger partial charge is 0.464 e. The quantitative estimate of drug-likeness (QED) is 0.512. The molecule has 0 saturated carbocycles. The predicted octanol–water partition coefficient (Wildman–Crippen LogP) is -1.09. The fraction of sp³-hybridized carbons (Fsp3) is 0.636. The third kappa shape index (κ3) is 4.23. The number of esters is 3. The van der Waals surface area contributed by atoms with E-state index in [0.29, 0.717) is 0 Å². The van der Waals surface area contributed by atoms with Crippen LogP contribution >= 0.6 is 0 Å². The van der Waals surface area contributed by atoms with Crippen LogP contribution in [0.2, 0.25) is 0 Å². The number of rotatable bonds is 4. The second-order valence-corrected chi connectivity index (χ2v) is 4.02. The minimum absolute atomic E-state index is 0.170. The van der Waals surface area contributed by atoms with Crippen molar-refractivity contribution < 1.29 is 33.4 Å². The van der Waals surface area contributed by atoms with Gasteiger partial charge in [0.25, 0.3) is 5.91 Å². The van der Waals surface area contributed by atoms with Gasteiger partial charge in [0, 0.05) is 20.8 Å². The third-order valence-electron chi connectivity index (χ3n) is 2.34. The van der Waals surface area contributed by atoms with E-state index >= 15 is 0 Å². The number of hydrogen-bond acceptors (Lipinski definition) is 7. The van der Waals surface area contributed by atoms with Crippen molar-refractivity contribution in [1.82, 2.24) is 5.32 Å². The van der Waals surface area contributed by atoms with E-state index in [1.807, 2.05) is 0 Å². The lowest BCUT2D eigenvalue weighted by molar-refractivity contribution is -0.166. The van der Waals surface area contributed by atoms with Gasteiger partial charge >= 0.3 is 17.9 Å². The van der Waals surface area contributed by atoms with Crippen LogP contribution in [0.1, 0.15) is 20.8 Å². The van der Waals surface area contributed by atoms with Gasteiger partial charge in [-0.05, 0) is 0 Å². The van der Waals surface area contributed by atoms with E-state index < -0.39 is 42.1 Å².